The van der Waals surface area contributed by atoms with Crippen LogP contribution in [-0.4, -0.2) is 72.4 Å². The van der Waals surface area contributed by atoms with Crippen LogP contribution in [0.3, 0.4) is 0 Å². The van der Waals surface area contributed by atoms with Gasteiger partial charge in [0.25, 0.3) is 11.8 Å². The van der Waals surface area contributed by atoms with Gasteiger partial charge in [-0.3, -0.25) is 14.4 Å². The fourth-order valence-electron chi connectivity index (χ4n) is 2.82. The fraction of sp³-hybridized carbons (Fsp3) is 0.500. The number of carbonyl (C=O) groups excluding carboxylic acids is 3. The normalized spacial score (nSPS) is 18.8. The van der Waals surface area contributed by atoms with Gasteiger partial charge in [0.2, 0.25) is 11.5 Å². The molecule has 0 saturated heterocycles. The van der Waals surface area contributed by atoms with Crippen molar-refractivity contribution in [3.05, 3.63) is 24.3 Å². The summed E-state index contributed by atoms with van der Waals surface area (Å²) in [6, 6.07) is 3.56. The van der Waals surface area contributed by atoms with E-state index in [1.54, 1.807) is 0 Å². The zero-order chi connectivity index (χ0) is 26.1. The predicted octanol–water partition coefficient (Wildman–Crippen LogP) is 1.56. The van der Waals surface area contributed by atoms with Crippen LogP contribution in [0.15, 0.2) is 24.3 Å². The number of carbonyl (C=O) groups is 3. The lowest BCUT2D eigenvalue weighted by Crippen LogP contribution is -2.61. The molecule has 2 rings (SSSR count). The summed E-state index contributed by atoms with van der Waals surface area (Å²) in [5.41, 5.74) is -3.34. The quantitative estimate of drug-likeness (QED) is 0.346. The molecule has 0 radical (unpaired) electrons. The first-order chi connectivity index (χ1) is 15.3. The van der Waals surface area contributed by atoms with Gasteiger partial charge in [0, 0.05) is 6.54 Å². The highest BCUT2D eigenvalue weighted by atomic mass is 19.4. The van der Waals surface area contributed by atoms with Crippen LogP contribution in [0.25, 0.3) is 0 Å². The van der Waals surface area contributed by atoms with Crippen molar-refractivity contribution in [2.75, 3.05) is 29.9 Å². The van der Waals surface area contributed by atoms with Crippen molar-refractivity contribution in [2.45, 2.75) is 36.8 Å². The number of aliphatic hydroxyl groups is 1. The maximum Gasteiger partial charge on any atom is 0.455 e. The number of anilines is 2. The Morgan fingerprint density at radius 2 is 1.68 bits per heavy atom. The van der Waals surface area contributed by atoms with Crippen LogP contribution in [0.5, 0.6) is 0 Å². The van der Waals surface area contributed by atoms with Crippen molar-refractivity contribution < 1.29 is 54.6 Å². The number of halogens is 8. The number of amides is 3. The van der Waals surface area contributed by atoms with Gasteiger partial charge in [-0.05, 0) is 19.1 Å². The van der Waals surface area contributed by atoms with Crippen LogP contribution in [0, 0.1) is 0 Å². The molecule has 2 atom stereocenters. The Labute approximate surface area is 186 Å². The SMILES string of the molecule is C[C@@](O)(C(=O)NCC(F)(F)C(F)(F)F)C(=O)N[C@H]1CN(CC(F)(F)F)c2ccccc2NC1=O. The molecule has 1 heterocycles. The largest absolute Gasteiger partial charge is 0.455 e. The van der Waals surface area contributed by atoms with E-state index in [0.29, 0.717) is 11.8 Å². The summed E-state index contributed by atoms with van der Waals surface area (Å²) < 4.78 is 102. The summed E-state index contributed by atoms with van der Waals surface area (Å²) in [4.78, 5) is 37.4. The summed E-state index contributed by atoms with van der Waals surface area (Å²) in [6.45, 7) is -4.18. The third-order valence-corrected chi connectivity index (χ3v) is 4.67. The Morgan fingerprint density at radius 3 is 2.24 bits per heavy atom. The lowest BCUT2D eigenvalue weighted by molar-refractivity contribution is -0.278. The highest BCUT2D eigenvalue weighted by Crippen LogP contribution is 2.35. The first-order valence-electron chi connectivity index (χ1n) is 9.33. The third-order valence-electron chi connectivity index (χ3n) is 4.67. The maximum atomic E-state index is 13.0. The molecule has 0 aromatic heterocycles. The Balaban J connectivity index is 2.18. The summed E-state index contributed by atoms with van der Waals surface area (Å²) in [6.07, 6.45) is -10.8. The maximum absolute atomic E-state index is 13.0. The molecule has 3 amide bonds. The second-order valence-corrected chi connectivity index (χ2v) is 7.49. The second kappa shape index (κ2) is 9.23. The van der Waals surface area contributed by atoms with E-state index in [4.69, 9.17) is 0 Å². The minimum atomic E-state index is -6.02. The van der Waals surface area contributed by atoms with Gasteiger partial charge >= 0.3 is 18.3 Å². The lowest BCUT2D eigenvalue weighted by atomic mass is 10.0. The van der Waals surface area contributed by atoms with E-state index in [0.717, 1.165) is 5.32 Å². The van der Waals surface area contributed by atoms with Crippen LogP contribution < -0.4 is 20.9 Å². The van der Waals surface area contributed by atoms with Crippen molar-refractivity contribution >= 4 is 29.1 Å². The Kier molecular flexibility index (Phi) is 7.35. The molecule has 1 aliphatic rings. The molecule has 0 fully saturated rings. The zero-order valence-corrected chi connectivity index (χ0v) is 17.2. The van der Waals surface area contributed by atoms with Crippen LogP contribution in [0.2, 0.25) is 0 Å². The molecule has 4 N–H and O–H groups in total. The van der Waals surface area contributed by atoms with Gasteiger partial charge < -0.3 is 26.0 Å². The molecule has 0 unspecified atom stereocenters. The molecule has 0 aliphatic carbocycles. The molecule has 1 aromatic carbocycles. The van der Waals surface area contributed by atoms with E-state index in [-0.39, 0.29) is 11.4 Å². The highest BCUT2D eigenvalue weighted by Gasteiger charge is 2.58. The summed E-state index contributed by atoms with van der Waals surface area (Å²) in [7, 11) is 0. The molecule has 0 spiro atoms. The Morgan fingerprint density at radius 1 is 1.09 bits per heavy atom. The Bertz CT molecular complexity index is 949. The summed E-state index contributed by atoms with van der Waals surface area (Å²) in [5, 5.41) is 15.3. The van der Waals surface area contributed by atoms with Gasteiger partial charge in [0.1, 0.15) is 12.6 Å². The first-order valence-corrected chi connectivity index (χ1v) is 9.33. The fourth-order valence-corrected chi connectivity index (χ4v) is 2.82. The van der Waals surface area contributed by atoms with Gasteiger partial charge in [-0.25, -0.2) is 0 Å². The molecule has 1 aromatic rings. The van der Waals surface area contributed by atoms with E-state index in [2.05, 4.69) is 5.32 Å². The number of para-hydroxylation sites is 2. The number of rotatable bonds is 6. The van der Waals surface area contributed by atoms with Crippen molar-refractivity contribution in [3.8, 4) is 0 Å². The predicted molar refractivity (Wildman–Crippen MR) is 99.9 cm³/mol. The first kappa shape index (κ1) is 27.1. The van der Waals surface area contributed by atoms with Crippen LogP contribution in [0.1, 0.15) is 6.92 Å². The van der Waals surface area contributed by atoms with Crippen molar-refractivity contribution in [1.29, 1.82) is 0 Å². The van der Waals surface area contributed by atoms with Crippen molar-refractivity contribution in [1.82, 2.24) is 10.6 Å². The highest BCUT2D eigenvalue weighted by molar-refractivity contribution is 6.10. The van der Waals surface area contributed by atoms with E-state index in [1.807, 2.05) is 5.32 Å². The standard InChI is InChI=1S/C18H18F8N4O4/c1-15(34,13(32)27-7-16(19,20)18(24,25)26)14(33)29-10-6-30(8-17(21,22)23)11-5-3-2-4-9(11)28-12(10)31/h2-5,10,34H,6-8H2,1H3,(H,27,32)(H,28,31)(H,29,33)/t10-,15+/m0/s1. The molecule has 16 heteroatoms. The van der Waals surface area contributed by atoms with Crippen LogP contribution in [-0.2, 0) is 14.4 Å². The van der Waals surface area contributed by atoms with Gasteiger partial charge in [0.05, 0.1) is 17.9 Å². The monoisotopic (exact) mass is 506 g/mol. The molecule has 190 valence electrons. The summed E-state index contributed by atoms with van der Waals surface area (Å²) >= 11 is 0. The number of hydrogen-bond donors (Lipinski definition) is 4. The smallest absolute Gasteiger partial charge is 0.372 e. The molecule has 0 saturated carbocycles. The minimum Gasteiger partial charge on any atom is -0.372 e. The molecular weight excluding hydrogens is 488 g/mol. The van der Waals surface area contributed by atoms with Crippen LogP contribution in [0.4, 0.5) is 46.5 Å². The second-order valence-electron chi connectivity index (χ2n) is 7.49. The van der Waals surface area contributed by atoms with Gasteiger partial charge in [-0.15, -0.1) is 0 Å². The third kappa shape index (κ3) is 6.24. The number of fused-ring (bicyclic) bond motifs is 1. The Hall–Kier alpha value is -3.17. The molecule has 0 bridgehead atoms. The van der Waals surface area contributed by atoms with E-state index >= 15 is 0 Å². The van der Waals surface area contributed by atoms with Crippen molar-refractivity contribution in [3.63, 3.8) is 0 Å². The number of benzene rings is 1. The molecule has 8 nitrogen and oxygen atoms in total. The number of alkyl halides is 8. The topological polar surface area (TPSA) is 111 Å². The van der Waals surface area contributed by atoms with Gasteiger partial charge in [-0.1, -0.05) is 12.1 Å². The number of nitrogens with zero attached hydrogens (tertiary/aromatic N) is 1. The van der Waals surface area contributed by atoms with Gasteiger partial charge in [-0.2, -0.15) is 35.1 Å². The van der Waals surface area contributed by atoms with E-state index < -0.39 is 67.3 Å². The van der Waals surface area contributed by atoms with Gasteiger partial charge in [0.15, 0.2) is 0 Å². The number of nitrogens with one attached hydrogen (secondary N) is 3. The average molecular weight is 506 g/mol. The minimum absolute atomic E-state index is 0.0348. The average Bonchev–Trinajstić information content (AvgIpc) is 2.80. The number of hydrogen-bond acceptors (Lipinski definition) is 5. The molecule has 1 aliphatic heterocycles. The van der Waals surface area contributed by atoms with E-state index in [1.165, 1.54) is 24.3 Å². The lowest BCUT2D eigenvalue weighted by Gasteiger charge is -2.29. The molecular formula is C18H18F8N4O4. The van der Waals surface area contributed by atoms with E-state index in [9.17, 15) is 54.6 Å². The summed E-state index contributed by atoms with van der Waals surface area (Å²) in [5.74, 6) is -10.1. The molecule has 34 heavy (non-hydrogen) atoms. The van der Waals surface area contributed by atoms with Crippen LogP contribution >= 0.6 is 0 Å². The zero-order valence-electron chi connectivity index (χ0n) is 17.2. The van der Waals surface area contributed by atoms with Crippen molar-refractivity contribution in [2.24, 2.45) is 0 Å².